The Morgan fingerprint density at radius 3 is 2.91 bits per heavy atom. The fourth-order valence-corrected chi connectivity index (χ4v) is 2.46. The summed E-state index contributed by atoms with van der Waals surface area (Å²) in [5.74, 6) is 0.171. The van der Waals surface area contributed by atoms with Crippen molar-refractivity contribution in [3.63, 3.8) is 0 Å². The van der Waals surface area contributed by atoms with E-state index in [2.05, 4.69) is 27.7 Å². The molecule has 8 nitrogen and oxygen atoms in total. The maximum Gasteiger partial charge on any atom is 0.321 e. The number of hydrogen-bond acceptors (Lipinski definition) is 5. The lowest BCUT2D eigenvalue weighted by Gasteiger charge is -2.06. The molecule has 2 rings (SSSR count). The number of benzene rings is 1. The quantitative estimate of drug-likeness (QED) is 0.339. The number of nitrogens with zero attached hydrogens (tertiary/aromatic N) is 2. The lowest BCUT2D eigenvalue weighted by Crippen LogP contribution is -2.24. The maximum atomic E-state index is 11.5. The van der Waals surface area contributed by atoms with Gasteiger partial charge in [-0.2, -0.15) is 5.10 Å². The van der Waals surface area contributed by atoms with E-state index in [1.54, 1.807) is 13.0 Å². The van der Waals surface area contributed by atoms with E-state index in [1.165, 1.54) is 13.3 Å². The second-order valence-electron chi connectivity index (χ2n) is 4.34. The summed E-state index contributed by atoms with van der Waals surface area (Å²) >= 11 is 10.7. The number of rotatable bonds is 4. The summed E-state index contributed by atoms with van der Waals surface area (Å²) in [5.41, 5.74) is 8.91. The van der Waals surface area contributed by atoms with Crippen LogP contribution in [0.1, 0.15) is 11.1 Å². The highest BCUT2D eigenvalue weighted by Gasteiger charge is 2.26. The number of hydrazone groups is 1. The highest BCUT2D eigenvalue weighted by atomic mass is 35.5. The number of hydrogen-bond donors (Lipinski definition) is 3. The predicted molar refractivity (Wildman–Crippen MR) is 88.8 cm³/mol. The van der Waals surface area contributed by atoms with E-state index in [9.17, 15) is 10.1 Å². The second-order valence-corrected chi connectivity index (χ2v) is 5.16. The number of nitrogens with two attached hydrogens (primary N) is 1. The molecule has 0 saturated heterocycles. The van der Waals surface area contributed by atoms with Gasteiger partial charge in [-0.25, -0.2) is 0 Å². The molecular weight excluding hydrogens is 330 g/mol. The number of halogens is 1. The van der Waals surface area contributed by atoms with Crippen LogP contribution in [-0.2, 0) is 0 Å². The van der Waals surface area contributed by atoms with Gasteiger partial charge in [0.15, 0.2) is 5.11 Å². The molecule has 116 valence electrons. The molecule has 0 atom stereocenters. The minimum atomic E-state index is -0.517. The lowest BCUT2D eigenvalue weighted by atomic mass is 10.1. The minimum absolute atomic E-state index is 0.0323. The van der Waals surface area contributed by atoms with Gasteiger partial charge in [-0.3, -0.25) is 15.5 Å². The third kappa shape index (κ3) is 2.81. The van der Waals surface area contributed by atoms with Gasteiger partial charge in [0.2, 0.25) is 5.75 Å². The molecule has 0 aliphatic rings. The number of aryl methyl sites for hydroxylation is 1. The van der Waals surface area contributed by atoms with Gasteiger partial charge in [0.05, 0.1) is 29.2 Å². The molecule has 0 amide bonds. The normalized spacial score (nSPS) is 11.0. The third-order valence-electron chi connectivity index (χ3n) is 2.95. The average Bonchev–Trinajstić information content (AvgIpc) is 2.72. The number of aromatic amines is 1. The number of nitro groups is 1. The Hall–Kier alpha value is -2.39. The SMILES string of the molecule is COc1c(C)cc2[nH]c(Cl)c(/C=N/NC(N)=S)c2c1[N+](=O)[O-]. The van der Waals surface area contributed by atoms with Crippen molar-refractivity contribution in [1.29, 1.82) is 0 Å². The number of methoxy groups -OCH3 is 1. The molecule has 0 aliphatic heterocycles. The molecule has 10 heteroatoms. The van der Waals surface area contributed by atoms with Crippen molar-refractivity contribution in [2.24, 2.45) is 10.8 Å². The number of nitro benzene ring substituents is 1. The van der Waals surface area contributed by atoms with Crippen LogP contribution in [0.3, 0.4) is 0 Å². The largest absolute Gasteiger partial charge is 0.490 e. The molecule has 4 N–H and O–H groups in total. The number of nitrogens with one attached hydrogen (secondary N) is 2. The fraction of sp³-hybridized carbons (Fsp3) is 0.167. The van der Waals surface area contributed by atoms with Crippen molar-refractivity contribution in [1.82, 2.24) is 10.4 Å². The van der Waals surface area contributed by atoms with Crippen molar-refractivity contribution in [3.8, 4) is 5.75 Å². The lowest BCUT2D eigenvalue weighted by molar-refractivity contribution is -0.384. The Morgan fingerprint density at radius 2 is 2.36 bits per heavy atom. The molecule has 0 aliphatic carbocycles. The van der Waals surface area contributed by atoms with Crippen LogP contribution >= 0.6 is 23.8 Å². The number of aromatic nitrogens is 1. The smallest absolute Gasteiger partial charge is 0.321 e. The minimum Gasteiger partial charge on any atom is -0.490 e. The van der Waals surface area contributed by atoms with Gasteiger partial charge < -0.3 is 15.5 Å². The predicted octanol–water partition coefficient (Wildman–Crippen LogP) is 2.21. The van der Waals surface area contributed by atoms with E-state index in [0.29, 0.717) is 22.0 Å². The summed E-state index contributed by atoms with van der Waals surface area (Å²) in [7, 11) is 1.37. The van der Waals surface area contributed by atoms with Gasteiger partial charge in [-0.1, -0.05) is 11.6 Å². The van der Waals surface area contributed by atoms with Crippen LogP contribution in [0.5, 0.6) is 5.75 Å². The first-order valence-electron chi connectivity index (χ1n) is 5.98. The first kappa shape index (κ1) is 16.0. The van der Waals surface area contributed by atoms with E-state index < -0.39 is 4.92 Å². The summed E-state index contributed by atoms with van der Waals surface area (Å²) < 4.78 is 5.15. The monoisotopic (exact) mass is 341 g/mol. The Morgan fingerprint density at radius 1 is 1.68 bits per heavy atom. The van der Waals surface area contributed by atoms with E-state index in [0.717, 1.165) is 0 Å². The zero-order valence-corrected chi connectivity index (χ0v) is 13.2. The molecule has 0 spiro atoms. The maximum absolute atomic E-state index is 11.5. The van der Waals surface area contributed by atoms with Gasteiger partial charge >= 0.3 is 5.69 Å². The first-order chi connectivity index (χ1) is 10.4. The number of thiocarbonyl (C=S) groups is 1. The van der Waals surface area contributed by atoms with Crippen LogP contribution in [0.4, 0.5) is 5.69 Å². The van der Waals surface area contributed by atoms with Crippen LogP contribution in [0.2, 0.25) is 5.15 Å². The van der Waals surface area contributed by atoms with Crippen LogP contribution < -0.4 is 15.9 Å². The van der Waals surface area contributed by atoms with Gasteiger partial charge in [0.25, 0.3) is 0 Å². The van der Waals surface area contributed by atoms with Crippen molar-refractivity contribution in [2.45, 2.75) is 6.92 Å². The zero-order valence-electron chi connectivity index (χ0n) is 11.6. The topological polar surface area (TPSA) is 119 Å². The summed E-state index contributed by atoms with van der Waals surface area (Å²) in [6.07, 6.45) is 1.31. The van der Waals surface area contributed by atoms with Crippen molar-refractivity contribution < 1.29 is 9.66 Å². The fourth-order valence-electron chi connectivity index (χ4n) is 2.16. The molecule has 1 aromatic heterocycles. The standard InChI is InChI=1S/C12H12ClN5O3S/c1-5-3-7-8(9(18(19)20)10(5)21-2)6(11(13)16-7)4-15-17-12(14)22/h3-4,16H,1-2H3,(H3,14,17,22)/b15-4+. The summed E-state index contributed by atoms with van der Waals surface area (Å²) in [6.45, 7) is 1.71. The van der Waals surface area contributed by atoms with Crippen molar-refractivity contribution >= 4 is 51.7 Å². The molecule has 0 saturated carbocycles. The van der Waals surface area contributed by atoms with Crippen LogP contribution in [0, 0.1) is 17.0 Å². The third-order valence-corrected chi connectivity index (χ3v) is 3.33. The molecule has 0 bridgehead atoms. The summed E-state index contributed by atoms with van der Waals surface area (Å²) in [6, 6.07) is 1.71. The van der Waals surface area contributed by atoms with Crippen molar-refractivity contribution in [2.75, 3.05) is 7.11 Å². The molecule has 0 unspecified atom stereocenters. The average molecular weight is 342 g/mol. The van der Waals surface area contributed by atoms with Crippen LogP contribution in [0.15, 0.2) is 11.2 Å². The molecular formula is C12H12ClN5O3S. The molecule has 0 fully saturated rings. The highest BCUT2D eigenvalue weighted by molar-refractivity contribution is 7.80. The molecule has 22 heavy (non-hydrogen) atoms. The number of fused-ring (bicyclic) bond motifs is 1. The molecule has 2 aromatic rings. The van der Waals surface area contributed by atoms with Crippen molar-refractivity contribution in [3.05, 3.63) is 32.5 Å². The Labute approximate surface area is 135 Å². The van der Waals surface area contributed by atoms with E-state index in [-0.39, 0.29) is 21.7 Å². The summed E-state index contributed by atoms with van der Waals surface area (Å²) in [4.78, 5) is 13.8. The molecule has 1 heterocycles. The summed E-state index contributed by atoms with van der Waals surface area (Å²) in [5, 5.41) is 15.7. The molecule has 1 aromatic carbocycles. The second kappa shape index (κ2) is 6.16. The zero-order chi connectivity index (χ0) is 16.4. The highest BCUT2D eigenvalue weighted by Crippen LogP contribution is 2.41. The van der Waals surface area contributed by atoms with E-state index >= 15 is 0 Å². The van der Waals surface area contributed by atoms with Gasteiger partial charge in [-0.05, 0) is 25.2 Å². The first-order valence-corrected chi connectivity index (χ1v) is 6.77. The molecule has 0 radical (unpaired) electrons. The van der Waals surface area contributed by atoms with Gasteiger partial charge in [0, 0.05) is 11.1 Å². The Kier molecular flexibility index (Phi) is 4.48. The van der Waals surface area contributed by atoms with E-state index in [1.807, 2.05) is 0 Å². The van der Waals surface area contributed by atoms with Crippen LogP contribution in [0.25, 0.3) is 10.9 Å². The van der Waals surface area contributed by atoms with Gasteiger partial charge in [-0.15, -0.1) is 0 Å². The number of ether oxygens (including phenoxy) is 1. The Bertz CT molecular complexity index is 802. The Balaban J connectivity index is 2.77. The number of H-pyrrole nitrogens is 1. The van der Waals surface area contributed by atoms with E-state index in [4.69, 9.17) is 22.1 Å². The van der Waals surface area contributed by atoms with Crippen LogP contribution in [-0.4, -0.2) is 28.3 Å². The van der Waals surface area contributed by atoms with Gasteiger partial charge in [0.1, 0.15) is 5.15 Å².